The maximum Gasteiger partial charge on any atom is 0.166 e. The zero-order valence-corrected chi connectivity index (χ0v) is 11.0. The van der Waals surface area contributed by atoms with E-state index in [9.17, 15) is 4.79 Å². The fourth-order valence-corrected chi connectivity index (χ4v) is 2.44. The van der Waals surface area contributed by atoms with Crippen molar-refractivity contribution in [3.63, 3.8) is 0 Å². The molecule has 4 nitrogen and oxygen atoms in total. The van der Waals surface area contributed by atoms with Crippen LogP contribution in [0.25, 0.3) is 0 Å². The van der Waals surface area contributed by atoms with Crippen molar-refractivity contribution in [3.05, 3.63) is 17.0 Å². The molecule has 0 N–H and O–H groups in total. The Morgan fingerprint density at radius 1 is 1.35 bits per heavy atom. The van der Waals surface area contributed by atoms with Crippen LogP contribution in [0.3, 0.4) is 0 Å². The first-order valence-corrected chi connectivity index (χ1v) is 6.34. The minimum atomic E-state index is 0.280. The Labute approximate surface area is 103 Å². The second-order valence-electron chi connectivity index (χ2n) is 5.06. The Hall–Kier alpha value is -1.16. The highest BCUT2D eigenvalue weighted by atomic mass is 16.1. The van der Waals surface area contributed by atoms with Gasteiger partial charge in [0.15, 0.2) is 5.78 Å². The van der Waals surface area contributed by atoms with E-state index in [1.54, 1.807) is 0 Å². The van der Waals surface area contributed by atoms with Crippen LogP contribution in [0.15, 0.2) is 0 Å². The average Bonchev–Trinajstić information content (AvgIpc) is 2.57. The van der Waals surface area contributed by atoms with Crippen molar-refractivity contribution in [1.29, 1.82) is 0 Å². The van der Waals surface area contributed by atoms with Gasteiger partial charge >= 0.3 is 0 Å². The first-order valence-electron chi connectivity index (χ1n) is 6.34. The van der Waals surface area contributed by atoms with E-state index in [2.05, 4.69) is 24.1 Å². The molecule has 0 fully saturated rings. The second kappa shape index (κ2) is 5.00. The molecule has 0 aliphatic heterocycles. The van der Waals surface area contributed by atoms with Gasteiger partial charge in [-0.1, -0.05) is 0 Å². The van der Waals surface area contributed by atoms with Crippen LogP contribution in [-0.4, -0.2) is 41.1 Å². The van der Waals surface area contributed by atoms with Gasteiger partial charge in [0, 0.05) is 18.7 Å². The monoisotopic (exact) mass is 235 g/mol. The van der Waals surface area contributed by atoms with E-state index in [0.717, 1.165) is 49.3 Å². The molecule has 1 aliphatic carbocycles. The summed E-state index contributed by atoms with van der Waals surface area (Å²) in [4.78, 5) is 14.0. The van der Waals surface area contributed by atoms with Gasteiger partial charge in [-0.2, -0.15) is 5.10 Å². The number of hydrogen-bond acceptors (Lipinski definition) is 3. The summed E-state index contributed by atoms with van der Waals surface area (Å²) in [7, 11) is 4.15. The number of nitrogens with zero attached hydrogens (tertiary/aromatic N) is 3. The van der Waals surface area contributed by atoms with Crippen LogP contribution in [-0.2, 0) is 13.0 Å². The molecular formula is C13H21N3O. The number of carbonyl (C=O) groups excluding carboxylic acids is 1. The maximum atomic E-state index is 11.8. The summed E-state index contributed by atoms with van der Waals surface area (Å²) < 4.78 is 2.01. The van der Waals surface area contributed by atoms with Crippen molar-refractivity contribution in [3.8, 4) is 0 Å². The molecule has 0 amide bonds. The Bertz CT molecular complexity index is 421. The van der Waals surface area contributed by atoms with Crippen molar-refractivity contribution >= 4 is 5.78 Å². The zero-order chi connectivity index (χ0) is 12.4. The molecule has 0 aromatic carbocycles. The van der Waals surface area contributed by atoms with Gasteiger partial charge in [-0.25, -0.2) is 0 Å². The SMILES string of the molecule is Cc1c2c(nn1CCCN(C)C)CCCC2=O. The minimum Gasteiger partial charge on any atom is -0.309 e. The number of aromatic nitrogens is 2. The molecule has 0 spiro atoms. The molecule has 0 radical (unpaired) electrons. The van der Waals surface area contributed by atoms with Gasteiger partial charge < -0.3 is 4.90 Å². The highest BCUT2D eigenvalue weighted by Gasteiger charge is 2.24. The van der Waals surface area contributed by atoms with E-state index in [1.807, 2.05) is 11.6 Å². The number of ketones is 1. The van der Waals surface area contributed by atoms with E-state index < -0.39 is 0 Å². The van der Waals surface area contributed by atoms with Crippen LogP contribution in [0.2, 0.25) is 0 Å². The van der Waals surface area contributed by atoms with Crippen LogP contribution in [0.4, 0.5) is 0 Å². The fourth-order valence-electron chi connectivity index (χ4n) is 2.44. The summed E-state index contributed by atoms with van der Waals surface area (Å²) in [5, 5.41) is 4.57. The van der Waals surface area contributed by atoms with Crippen molar-refractivity contribution in [2.75, 3.05) is 20.6 Å². The molecule has 0 unspecified atom stereocenters. The topological polar surface area (TPSA) is 38.1 Å². The lowest BCUT2D eigenvalue weighted by Gasteiger charge is -2.10. The molecule has 0 saturated heterocycles. The largest absolute Gasteiger partial charge is 0.309 e. The van der Waals surface area contributed by atoms with Gasteiger partial charge in [0.25, 0.3) is 0 Å². The number of hydrogen-bond donors (Lipinski definition) is 0. The summed E-state index contributed by atoms with van der Waals surface area (Å²) in [5.74, 6) is 0.280. The normalized spacial score (nSPS) is 15.4. The molecule has 0 atom stereocenters. The van der Waals surface area contributed by atoms with Gasteiger partial charge in [0.05, 0.1) is 11.3 Å². The first kappa shape index (κ1) is 12.3. The predicted molar refractivity (Wildman–Crippen MR) is 67.4 cm³/mol. The highest BCUT2D eigenvalue weighted by molar-refractivity contribution is 5.99. The van der Waals surface area contributed by atoms with Crippen molar-refractivity contribution in [2.45, 2.75) is 39.2 Å². The van der Waals surface area contributed by atoms with E-state index >= 15 is 0 Å². The number of Topliss-reactive ketones (excluding diaryl/α,β-unsaturated/α-hetero) is 1. The van der Waals surface area contributed by atoms with Gasteiger partial charge in [0.1, 0.15) is 0 Å². The smallest absolute Gasteiger partial charge is 0.166 e. The van der Waals surface area contributed by atoms with E-state index in [-0.39, 0.29) is 5.78 Å². The molecule has 0 saturated carbocycles. The molecule has 1 aliphatic rings. The number of carbonyl (C=O) groups is 1. The highest BCUT2D eigenvalue weighted by Crippen LogP contribution is 2.23. The van der Waals surface area contributed by atoms with Crippen LogP contribution in [0.5, 0.6) is 0 Å². The van der Waals surface area contributed by atoms with Crippen molar-refractivity contribution in [2.24, 2.45) is 0 Å². The third-order valence-corrected chi connectivity index (χ3v) is 3.35. The lowest BCUT2D eigenvalue weighted by atomic mass is 9.95. The summed E-state index contributed by atoms with van der Waals surface area (Å²) in [6.07, 6.45) is 3.68. The van der Waals surface area contributed by atoms with Gasteiger partial charge in [-0.05, 0) is 46.8 Å². The Kier molecular flexibility index (Phi) is 3.62. The molecule has 4 heteroatoms. The molecule has 17 heavy (non-hydrogen) atoms. The third kappa shape index (κ3) is 2.57. The minimum absolute atomic E-state index is 0.280. The molecule has 1 aromatic rings. The lowest BCUT2D eigenvalue weighted by molar-refractivity contribution is 0.0972. The van der Waals surface area contributed by atoms with Gasteiger partial charge in [-0.15, -0.1) is 0 Å². The fraction of sp³-hybridized carbons (Fsp3) is 0.692. The molecular weight excluding hydrogens is 214 g/mol. The Morgan fingerprint density at radius 2 is 2.12 bits per heavy atom. The van der Waals surface area contributed by atoms with Crippen LogP contribution in [0.1, 0.15) is 41.0 Å². The molecule has 1 heterocycles. The molecule has 94 valence electrons. The first-order chi connectivity index (χ1) is 8.09. The average molecular weight is 235 g/mol. The standard InChI is InChI=1S/C13H21N3O/c1-10-13-11(6-4-7-12(13)17)14-16(10)9-5-8-15(2)3/h4-9H2,1-3H3. The summed E-state index contributed by atoms with van der Waals surface area (Å²) in [5.41, 5.74) is 2.98. The van der Waals surface area contributed by atoms with Crippen LogP contribution in [0, 0.1) is 6.92 Å². The van der Waals surface area contributed by atoms with E-state index in [1.165, 1.54) is 0 Å². The number of aryl methyl sites for hydroxylation is 2. The number of fused-ring (bicyclic) bond motifs is 1. The lowest BCUT2D eigenvalue weighted by Crippen LogP contribution is -2.16. The number of rotatable bonds is 4. The molecule has 1 aromatic heterocycles. The summed E-state index contributed by atoms with van der Waals surface area (Å²) in [6.45, 7) is 3.98. The van der Waals surface area contributed by atoms with E-state index in [4.69, 9.17) is 0 Å². The Morgan fingerprint density at radius 3 is 2.76 bits per heavy atom. The summed E-state index contributed by atoms with van der Waals surface area (Å²) >= 11 is 0. The van der Waals surface area contributed by atoms with Crippen molar-refractivity contribution in [1.82, 2.24) is 14.7 Å². The molecule has 2 rings (SSSR count). The zero-order valence-electron chi connectivity index (χ0n) is 11.0. The van der Waals surface area contributed by atoms with Crippen LogP contribution < -0.4 is 0 Å². The summed E-state index contributed by atoms with van der Waals surface area (Å²) in [6, 6.07) is 0. The van der Waals surface area contributed by atoms with Crippen LogP contribution >= 0.6 is 0 Å². The quantitative estimate of drug-likeness (QED) is 0.796. The van der Waals surface area contributed by atoms with E-state index in [0.29, 0.717) is 6.42 Å². The maximum absolute atomic E-state index is 11.8. The van der Waals surface area contributed by atoms with Gasteiger partial charge in [-0.3, -0.25) is 9.48 Å². The second-order valence-corrected chi connectivity index (χ2v) is 5.06. The third-order valence-electron chi connectivity index (χ3n) is 3.35. The Balaban J connectivity index is 2.11. The van der Waals surface area contributed by atoms with Gasteiger partial charge in [0.2, 0.25) is 0 Å². The predicted octanol–water partition coefficient (Wildman–Crippen LogP) is 1.66. The molecule has 0 bridgehead atoms. The van der Waals surface area contributed by atoms with Crippen molar-refractivity contribution < 1.29 is 4.79 Å².